The smallest absolute Gasteiger partial charge is 0.296 e. The van der Waals surface area contributed by atoms with Crippen molar-refractivity contribution in [3.05, 3.63) is 122 Å². The fourth-order valence-electron chi connectivity index (χ4n) is 6.16. The highest BCUT2D eigenvalue weighted by Gasteiger charge is 2.29. The summed E-state index contributed by atoms with van der Waals surface area (Å²) in [6.07, 6.45) is 0. The third-order valence-electron chi connectivity index (χ3n) is 8.77. The molecule has 0 atom stereocenters. The molecule has 4 heterocycles. The molecule has 1 aliphatic rings. The Morgan fingerprint density at radius 1 is 0.900 bits per heavy atom. The highest BCUT2D eigenvalue weighted by atomic mass is 32.2. The van der Waals surface area contributed by atoms with Crippen molar-refractivity contribution < 1.29 is 14.3 Å². The molecule has 254 valence electrons. The summed E-state index contributed by atoms with van der Waals surface area (Å²) in [5, 5.41) is 4.00. The number of fused-ring (bicyclic) bond motifs is 1. The van der Waals surface area contributed by atoms with Gasteiger partial charge >= 0.3 is 0 Å². The Morgan fingerprint density at radius 3 is 2.28 bits per heavy atom. The van der Waals surface area contributed by atoms with Crippen LogP contribution >= 0.6 is 23.1 Å². The van der Waals surface area contributed by atoms with Gasteiger partial charge in [-0.25, -0.2) is 14.2 Å². The van der Waals surface area contributed by atoms with E-state index in [-0.39, 0.29) is 28.4 Å². The highest BCUT2D eigenvalue weighted by molar-refractivity contribution is 7.99. The van der Waals surface area contributed by atoms with Crippen LogP contribution in [0.3, 0.4) is 0 Å². The standard InChI is InChI=1S/C37H34N6O5S2/c1-23-30(35(46)41-18-20-48-21-19-41)33(50-32(23)25-12-6-4-7-13-25)39-29(44)22-49-37-38-28-17-11-10-16-27(28)34(45)42(37)31-24(2)40(3)43(36(31)47)26-14-8-5-9-15-26/h4-17H,18-22H2,1-3H3,(H,39,44). The van der Waals surface area contributed by atoms with E-state index in [0.717, 1.165) is 27.8 Å². The monoisotopic (exact) mass is 706 g/mol. The fourth-order valence-corrected chi connectivity index (χ4v) is 8.18. The van der Waals surface area contributed by atoms with E-state index in [9.17, 15) is 19.2 Å². The number of carbonyl (C=O) groups is 2. The Morgan fingerprint density at radius 2 is 1.56 bits per heavy atom. The molecule has 1 saturated heterocycles. The SMILES string of the molecule is Cc1c(-c2ccccc2)sc(NC(=O)CSc2nc3ccccc3c(=O)n2-c2c(C)n(C)n(-c3ccccc3)c2=O)c1C(=O)N1CCOCC1. The summed E-state index contributed by atoms with van der Waals surface area (Å²) >= 11 is 2.41. The number of thiophene rings is 1. The van der Waals surface area contributed by atoms with Crippen molar-refractivity contribution in [3.63, 3.8) is 0 Å². The van der Waals surface area contributed by atoms with Gasteiger partial charge in [0.25, 0.3) is 17.0 Å². The molecule has 1 N–H and O–H groups in total. The van der Waals surface area contributed by atoms with Gasteiger partial charge < -0.3 is 15.0 Å². The Labute approximate surface area is 295 Å². The van der Waals surface area contributed by atoms with Crippen LogP contribution in [0, 0.1) is 13.8 Å². The number of thioether (sulfide) groups is 1. The normalized spacial score (nSPS) is 13.1. The van der Waals surface area contributed by atoms with Gasteiger partial charge in [-0.2, -0.15) is 0 Å². The van der Waals surface area contributed by atoms with Crippen LogP contribution in [0.5, 0.6) is 0 Å². The van der Waals surface area contributed by atoms with Crippen LogP contribution in [-0.2, 0) is 16.6 Å². The van der Waals surface area contributed by atoms with Crippen molar-refractivity contribution in [1.82, 2.24) is 23.8 Å². The minimum atomic E-state index is -0.413. The van der Waals surface area contributed by atoms with Gasteiger partial charge in [-0.15, -0.1) is 11.3 Å². The van der Waals surface area contributed by atoms with Crippen molar-refractivity contribution in [1.29, 1.82) is 0 Å². The summed E-state index contributed by atoms with van der Waals surface area (Å²) < 4.78 is 9.98. The fraction of sp³-hybridized carbons (Fsp3) is 0.216. The van der Waals surface area contributed by atoms with Crippen LogP contribution in [0.4, 0.5) is 5.00 Å². The molecular formula is C37H34N6O5S2. The van der Waals surface area contributed by atoms with Gasteiger partial charge in [0.1, 0.15) is 10.7 Å². The lowest BCUT2D eigenvalue weighted by atomic mass is 10.1. The van der Waals surface area contributed by atoms with Crippen LogP contribution in [0.2, 0.25) is 0 Å². The summed E-state index contributed by atoms with van der Waals surface area (Å²) in [5.74, 6) is -0.675. The lowest BCUT2D eigenvalue weighted by Crippen LogP contribution is -2.41. The van der Waals surface area contributed by atoms with Crippen LogP contribution in [0.15, 0.2) is 99.7 Å². The molecule has 50 heavy (non-hydrogen) atoms. The van der Waals surface area contributed by atoms with Crippen molar-refractivity contribution in [2.24, 2.45) is 7.05 Å². The molecule has 7 rings (SSSR count). The number of aromatic nitrogens is 4. The van der Waals surface area contributed by atoms with E-state index in [1.54, 1.807) is 47.8 Å². The van der Waals surface area contributed by atoms with Crippen molar-refractivity contribution in [2.45, 2.75) is 19.0 Å². The number of amides is 2. The Balaban J connectivity index is 1.25. The lowest BCUT2D eigenvalue weighted by Gasteiger charge is -2.27. The number of para-hydroxylation sites is 2. The largest absolute Gasteiger partial charge is 0.378 e. The van der Waals surface area contributed by atoms with Crippen molar-refractivity contribution >= 4 is 50.8 Å². The molecule has 0 saturated carbocycles. The summed E-state index contributed by atoms with van der Waals surface area (Å²) in [6.45, 7) is 5.52. The van der Waals surface area contributed by atoms with E-state index in [1.165, 1.54) is 20.6 Å². The number of anilines is 1. The third-order valence-corrected chi connectivity index (χ3v) is 11.0. The molecule has 2 amide bonds. The van der Waals surface area contributed by atoms with Crippen molar-refractivity contribution in [3.8, 4) is 21.8 Å². The lowest BCUT2D eigenvalue weighted by molar-refractivity contribution is -0.113. The Hall–Kier alpha value is -5.24. The number of morpholine rings is 1. The summed E-state index contributed by atoms with van der Waals surface area (Å²) in [6, 6.07) is 25.9. The summed E-state index contributed by atoms with van der Waals surface area (Å²) in [5.41, 5.74) is 3.20. The molecule has 3 aromatic heterocycles. The van der Waals surface area contributed by atoms with Gasteiger partial charge in [-0.05, 0) is 49.2 Å². The predicted molar refractivity (Wildman–Crippen MR) is 197 cm³/mol. The number of nitrogens with zero attached hydrogens (tertiary/aromatic N) is 5. The first-order chi connectivity index (χ1) is 24.2. The van der Waals surface area contributed by atoms with Crippen LogP contribution in [0.1, 0.15) is 21.6 Å². The zero-order valence-corrected chi connectivity index (χ0v) is 29.3. The minimum Gasteiger partial charge on any atom is -0.378 e. The van der Waals surface area contributed by atoms with Gasteiger partial charge in [0.15, 0.2) is 5.16 Å². The van der Waals surface area contributed by atoms with E-state index in [2.05, 4.69) is 5.32 Å². The van der Waals surface area contributed by atoms with Crippen LogP contribution < -0.4 is 16.4 Å². The molecule has 0 spiro atoms. The summed E-state index contributed by atoms with van der Waals surface area (Å²) in [4.78, 5) is 63.1. The zero-order valence-electron chi connectivity index (χ0n) is 27.7. The van der Waals surface area contributed by atoms with Gasteiger partial charge in [0.05, 0.1) is 46.8 Å². The first-order valence-electron chi connectivity index (χ1n) is 16.1. The zero-order chi connectivity index (χ0) is 34.9. The molecule has 1 aliphatic heterocycles. The molecular weight excluding hydrogens is 673 g/mol. The van der Waals surface area contributed by atoms with Gasteiger partial charge in [0.2, 0.25) is 5.91 Å². The second kappa shape index (κ2) is 13.9. The third kappa shape index (κ3) is 6.08. The Kier molecular flexibility index (Phi) is 9.27. The average molecular weight is 707 g/mol. The van der Waals surface area contributed by atoms with Crippen molar-refractivity contribution in [2.75, 3.05) is 37.4 Å². The minimum absolute atomic E-state index is 0.133. The maximum Gasteiger partial charge on any atom is 0.296 e. The number of hydrogen-bond donors (Lipinski definition) is 1. The Bertz CT molecular complexity index is 2360. The molecule has 6 aromatic rings. The molecule has 0 unspecified atom stereocenters. The van der Waals surface area contributed by atoms with E-state index < -0.39 is 11.1 Å². The van der Waals surface area contributed by atoms with Crippen LogP contribution in [-0.4, -0.2) is 67.7 Å². The van der Waals surface area contributed by atoms with Gasteiger partial charge in [-0.3, -0.25) is 23.9 Å². The molecule has 13 heteroatoms. The molecule has 0 radical (unpaired) electrons. The topological polar surface area (TPSA) is 120 Å². The number of rotatable bonds is 8. The number of nitrogens with one attached hydrogen (secondary N) is 1. The van der Waals surface area contributed by atoms with Gasteiger partial charge in [-0.1, -0.05) is 72.4 Å². The highest BCUT2D eigenvalue weighted by Crippen LogP contribution is 2.41. The summed E-state index contributed by atoms with van der Waals surface area (Å²) in [7, 11) is 1.76. The first-order valence-corrected chi connectivity index (χ1v) is 17.9. The van der Waals surface area contributed by atoms with E-state index in [0.29, 0.717) is 59.2 Å². The molecule has 1 fully saturated rings. The second-order valence-corrected chi connectivity index (χ2v) is 13.8. The molecule has 0 aliphatic carbocycles. The maximum absolute atomic E-state index is 14.1. The van der Waals surface area contributed by atoms with Gasteiger partial charge in [0, 0.05) is 25.0 Å². The maximum atomic E-state index is 14.1. The van der Waals surface area contributed by atoms with E-state index in [4.69, 9.17) is 9.72 Å². The second-order valence-electron chi connectivity index (χ2n) is 11.8. The average Bonchev–Trinajstić information content (AvgIpc) is 3.58. The molecule has 0 bridgehead atoms. The number of carbonyl (C=O) groups excluding carboxylic acids is 2. The number of benzene rings is 3. The number of hydrogen-bond acceptors (Lipinski definition) is 8. The van der Waals surface area contributed by atoms with E-state index >= 15 is 0 Å². The first kappa shape index (κ1) is 33.3. The predicted octanol–water partition coefficient (Wildman–Crippen LogP) is 5.42. The molecule has 3 aromatic carbocycles. The quantitative estimate of drug-likeness (QED) is 0.166. The van der Waals surface area contributed by atoms with E-state index in [1.807, 2.05) is 67.6 Å². The number of ether oxygens (including phenoxy) is 1. The molecule has 11 nitrogen and oxygen atoms in total. The van der Waals surface area contributed by atoms with Crippen LogP contribution in [0.25, 0.3) is 32.7 Å².